The molecule has 13 heavy (non-hydrogen) atoms. The molecule has 0 atom stereocenters. The Balaban J connectivity index is 0. The Bertz CT molecular complexity index is 102. The maximum Gasteiger partial charge on any atom is 0.316 e. The van der Waals surface area contributed by atoms with Crippen LogP contribution in [-0.4, -0.2) is 41.1 Å². The standard InChI is InChI=1S/C10H21ClO.Mg.2H/c1-10(2,3)12-9-7-5-4-6-8-11;;;/h4-9H2,1-3H3;;;. The van der Waals surface area contributed by atoms with Gasteiger partial charge in [-0.2, -0.15) is 0 Å². The van der Waals surface area contributed by atoms with E-state index in [0.717, 1.165) is 25.3 Å². The molecule has 0 unspecified atom stereocenters. The van der Waals surface area contributed by atoms with Gasteiger partial charge in [-0.1, -0.05) is 12.8 Å². The van der Waals surface area contributed by atoms with Crippen LogP contribution in [0.5, 0.6) is 0 Å². The molecular weight excluding hydrogens is 196 g/mol. The van der Waals surface area contributed by atoms with Crippen LogP contribution < -0.4 is 0 Å². The molecule has 0 saturated heterocycles. The van der Waals surface area contributed by atoms with Gasteiger partial charge >= 0.3 is 23.1 Å². The van der Waals surface area contributed by atoms with Gasteiger partial charge in [-0.15, -0.1) is 11.6 Å². The van der Waals surface area contributed by atoms with Crippen LogP contribution in [0.3, 0.4) is 0 Å². The van der Waals surface area contributed by atoms with Crippen molar-refractivity contribution < 1.29 is 4.74 Å². The molecule has 0 aliphatic heterocycles. The third kappa shape index (κ3) is 15.7. The number of rotatable bonds is 6. The van der Waals surface area contributed by atoms with Crippen molar-refractivity contribution in [2.24, 2.45) is 0 Å². The minimum Gasteiger partial charge on any atom is -0.376 e. The second kappa shape index (κ2) is 9.57. The van der Waals surface area contributed by atoms with Gasteiger partial charge in [-0.3, -0.25) is 0 Å². The monoisotopic (exact) mass is 218 g/mol. The molecule has 0 fully saturated rings. The van der Waals surface area contributed by atoms with Crippen LogP contribution >= 0.6 is 11.6 Å². The van der Waals surface area contributed by atoms with Crippen molar-refractivity contribution in [2.45, 2.75) is 52.1 Å². The van der Waals surface area contributed by atoms with Gasteiger partial charge in [-0.05, 0) is 33.6 Å². The van der Waals surface area contributed by atoms with Crippen LogP contribution in [0.4, 0.5) is 0 Å². The molecule has 0 amide bonds. The van der Waals surface area contributed by atoms with E-state index < -0.39 is 0 Å². The lowest BCUT2D eigenvalue weighted by atomic mass is 10.2. The van der Waals surface area contributed by atoms with Crippen LogP contribution in [0.25, 0.3) is 0 Å². The Labute approximate surface area is 104 Å². The molecule has 0 spiro atoms. The van der Waals surface area contributed by atoms with Crippen LogP contribution in [-0.2, 0) is 4.74 Å². The predicted molar refractivity (Wildman–Crippen MR) is 63.4 cm³/mol. The van der Waals surface area contributed by atoms with Crippen molar-refractivity contribution in [3.05, 3.63) is 0 Å². The Hall–Kier alpha value is 1.02. The summed E-state index contributed by atoms with van der Waals surface area (Å²) >= 11 is 5.56. The van der Waals surface area contributed by atoms with E-state index in [4.69, 9.17) is 16.3 Å². The number of alkyl halides is 1. The van der Waals surface area contributed by atoms with Crippen LogP contribution in [0.15, 0.2) is 0 Å². The summed E-state index contributed by atoms with van der Waals surface area (Å²) < 4.78 is 5.58. The van der Waals surface area contributed by atoms with Crippen molar-refractivity contribution >= 4 is 34.7 Å². The molecule has 0 aliphatic carbocycles. The van der Waals surface area contributed by atoms with Gasteiger partial charge in [0.15, 0.2) is 0 Å². The molecule has 3 heteroatoms. The maximum atomic E-state index is 5.58. The van der Waals surface area contributed by atoms with E-state index in [1.54, 1.807) is 0 Å². The molecule has 0 aromatic heterocycles. The van der Waals surface area contributed by atoms with Crippen LogP contribution in [0.1, 0.15) is 46.5 Å². The van der Waals surface area contributed by atoms with E-state index in [1.165, 1.54) is 12.8 Å². The highest BCUT2D eigenvalue weighted by atomic mass is 35.5. The first-order valence-corrected chi connectivity index (χ1v) is 5.29. The summed E-state index contributed by atoms with van der Waals surface area (Å²) in [5.41, 5.74) is 0.0203. The molecule has 0 N–H and O–H groups in total. The van der Waals surface area contributed by atoms with Crippen molar-refractivity contribution in [3.8, 4) is 0 Å². The van der Waals surface area contributed by atoms with E-state index in [2.05, 4.69) is 20.8 Å². The summed E-state index contributed by atoms with van der Waals surface area (Å²) in [6.45, 7) is 7.15. The fourth-order valence-corrected chi connectivity index (χ4v) is 1.12. The minimum atomic E-state index is 0. The highest BCUT2D eigenvalue weighted by molar-refractivity contribution is 6.17. The Kier molecular flexibility index (Phi) is 12.1. The number of ether oxygens (including phenoxy) is 1. The fourth-order valence-electron chi connectivity index (χ4n) is 0.928. The molecule has 0 bridgehead atoms. The Morgan fingerprint density at radius 3 is 2.00 bits per heavy atom. The Morgan fingerprint density at radius 1 is 1.00 bits per heavy atom. The number of hydrogen-bond acceptors (Lipinski definition) is 1. The van der Waals surface area contributed by atoms with Gasteiger partial charge < -0.3 is 4.74 Å². The number of unbranched alkanes of at least 4 members (excludes halogenated alkanes) is 3. The molecule has 0 saturated carbocycles. The molecule has 0 radical (unpaired) electrons. The molecule has 0 aliphatic rings. The second-order valence-corrected chi connectivity index (χ2v) is 4.44. The highest BCUT2D eigenvalue weighted by Crippen LogP contribution is 2.09. The minimum absolute atomic E-state index is 0. The van der Waals surface area contributed by atoms with Gasteiger partial charge in [0.2, 0.25) is 0 Å². The summed E-state index contributed by atoms with van der Waals surface area (Å²) in [6, 6.07) is 0. The lowest BCUT2D eigenvalue weighted by Gasteiger charge is -2.19. The average Bonchev–Trinajstić information content (AvgIpc) is 1.94. The summed E-state index contributed by atoms with van der Waals surface area (Å²) in [4.78, 5) is 0. The van der Waals surface area contributed by atoms with E-state index in [0.29, 0.717) is 0 Å². The van der Waals surface area contributed by atoms with E-state index in [1.807, 2.05) is 0 Å². The lowest BCUT2D eigenvalue weighted by molar-refractivity contribution is -0.00470. The zero-order valence-corrected chi connectivity index (χ0v) is 9.28. The zero-order chi connectivity index (χ0) is 9.45. The largest absolute Gasteiger partial charge is 0.376 e. The number of hydrogen-bond donors (Lipinski definition) is 0. The molecule has 78 valence electrons. The van der Waals surface area contributed by atoms with Crippen molar-refractivity contribution in [1.82, 2.24) is 0 Å². The first kappa shape index (κ1) is 16.4. The van der Waals surface area contributed by atoms with Crippen LogP contribution in [0.2, 0.25) is 0 Å². The molecule has 1 nitrogen and oxygen atoms in total. The quantitative estimate of drug-likeness (QED) is 0.379. The smallest absolute Gasteiger partial charge is 0.316 e. The van der Waals surface area contributed by atoms with Gasteiger partial charge in [0.1, 0.15) is 0 Å². The van der Waals surface area contributed by atoms with Gasteiger partial charge in [0.05, 0.1) is 5.60 Å². The summed E-state index contributed by atoms with van der Waals surface area (Å²) in [7, 11) is 0. The molecule has 0 rings (SSSR count). The zero-order valence-electron chi connectivity index (χ0n) is 8.53. The van der Waals surface area contributed by atoms with Gasteiger partial charge in [-0.25, -0.2) is 0 Å². The van der Waals surface area contributed by atoms with E-state index in [9.17, 15) is 0 Å². The van der Waals surface area contributed by atoms with Crippen molar-refractivity contribution in [3.63, 3.8) is 0 Å². The maximum absolute atomic E-state index is 5.58. The predicted octanol–water partition coefficient (Wildman–Crippen LogP) is 2.68. The highest BCUT2D eigenvalue weighted by Gasteiger charge is 2.08. The molecule has 0 heterocycles. The van der Waals surface area contributed by atoms with Gasteiger partial charge in [0, 0.05) is 12.5 Å². The SMILES string of the molecule is CC(C)(C)OCCCCCCCl.[MgH2]. The summed E-state index contributed by atoms with van der Waals surface area (Å²) in [5, 5.41) is 0. The first-order chi connectivity index (χ1) is 5.56. The lowest BCUT2D eigenvalue weighted by Crippen LogP contribution is -2.19. The average molecular weight is 219 g/mol. The molecular formula is C10H23ClMgO. The van der Waals surface area contributed by atoms with Crippen molar-refractivity contribution in [2.75, 3.05) is 12.5 Å². The second-order valence-electron chi connectivity index (χ2n) is 4.06. The Morgan fingerprint density at radius 2 is 1.54 bits per heavy atom. The van der Waals surface area contributed by atoms with E-state index in [-0.39, 0.29) is 28.7 Å². The first-order valence-electron chi connectivity index (χ1n) is 4.76. The van der Waals surface area contributed by atoms with Gasteiger partial charge in [0.25, 0.3) is 0 Å². The normalized spacial score (nSPS) is 11.1. The summed E-state index contributed by atoms with van der Waals surface area (Å²) in [5.74, 6) is 0.792. The molecule has 0 aromatic rings. The van der Waals surface area contributed by atoms with Crippen LogP contribution in [0, 0.1) is 0 Å². The van der Waals surface area contributed by atoms with E-state index >= 15 is 0 Å². The number of halogens is 1. The summed E-state index contributed by atoms with van der Waals surface area (Å²) in [6.07, 6.45) is 4.77. The third-order valence-corrected chi connectivity index (χ3v) is 1.83. The fraction of sp³-hybridized carbons (Fsp3) is 1.00. The van der Waals surface area contributed by atoms with Crippen molar-refractivity contribution in [1.29, 1.82) is 0 Å². The molecule has 0 aromatic carbocycles. The third-order valence-electron chi connectivity index (χ3n) is 1.56. The topological polar surface area (TPSA) is 9.23 Å².